The number of anilines is 2. The summed E-state index contributed by atoms with van der Waals surface area (Å²) < 4.78 is 19.7. The van der Waals surface area contributed by atoms with Crippen LogP contribution in [0, 0.1) is 0 Å². The summed E-state index contributed by atoms with van der Waals surface area (Å²) in [4.78, 5) is 7.20. The van der Waals surface area contributed by atoms with E-state index in [-0.39, 0.29) is 0 Å². The summed E-state index contributed by atoms with van der Waals surface area (Å²) in [5, 5.41) is 4.20. The molecule has 0 N–H and O–H groups in total. The van der Waals surface area contributed by atoms with E-state index < -0.39 is 0 Å². The van der Waals surface area contributed by atoms with Crippen molar-refractivity contribution in [1.29, 1.82) is 0 Å². The van der Waals surface area contributed by atoms with Gasteiger partial charge >= 0.3 is 0 Å². The number of oxazole rings is 1. The van der Waals surface area contributed by atoms with Crippen LogP contribution in [0.2, 0.25) is 0 Å². The van der Waals surface area contributed by atoms with E-state index in [1.807, 2.05) is 54.6 Å². The molecule has 0 atom stereocenters. The molecule has 54 heavy (non-hydrogen) atoms. The van der Waals surface area contributed by atoms with E-state index in [0.717, 1.165) is 90.3 Å². The predicted octanol–water partition coefficient (Wildman–Crippen LogP) is 13.9. The highest BCUT2D eigenvalue weighted by Gasteiger charge is 2.25. The van der Waals surface area contributed by atoms with Gasteiger partial charge in [0.15, 0.2) is 11.2 Å². The van der Waals surface area contributed by atoms with E-state index in [9.17, 15) is 0 Å². The molecule has 11 rings (SSSR count). The fraction of sp³-hybridized carbons (Fsp3) is 0.0408. The molecule has 0 radical (unpaired) electrons. The van der Waals surface area contributed by atoms with E-state index in [4.69, 9.17) is 18.2 Å². The van der Waals surface area contributed by atoms with E-state index >= 15 is 0 Å². The van der Waals surface area contributed by atoms with Gasteiger partial charge in [0.1, 0.15) is 22.3 Å². The first kappa shape index (κ1) is 30.5. The first-order valence-corrected chi connectivity index (χ1v) is 18.3. The van der Waals surface area contributed by atoms with Gasteiger partial charge in [0.2, 0.25) is 5.89 Å². The van der Waals surface area contributed by atoms with Crippen LogP contribution in [-0.2, 0) is 0 Å². The second-order valence-corrected chi connectivity index (χ2v) is 13.8. The quantitative estimate of drug-likeness (QED) is 0.173. The van der Waals surface area contributed by atoms with E-state index in [1.54, 1.807) is 0 Å². The topological polar surface area (TPSA) is 55.6 Å². The lowest BCUT2D eigenvalue weighted by Crippen LogP contribution is -2.18. The van der Waals surface area contributed by atoms with Gasteiger partial charge in [-0.25, -0.2) is 4.98 Å². The van der Waals surface area contributed by atoms with Gasteiger partial charge in [-0.05, 0) is 84.1 Å². The van der Waals surface area contributed by atoms with Crippen molar-refractivity contribution < 1.29 is 13.3 Å². The summed E-state index contributed by atoms with van der Waals surface area (Å²) in [7, 11) is 0. The number of furan rings is 2. The number of nitrogens with zero attached hydrogens (tertiary/aromatic N) is 2. The highest BCUT2D eigenvalue weighted by Crippen LogP contribution is 2.45. The van der Waals surface area contributed by atoms with Gasteiger partial charge in [-0.15, -0.1) is 0 Å². The van der Waals surface area contributed by atoms with Crippen LogP contribution in [-0.4, -0.2) is 4.98 Å². The van der Waals surface area contributed by atoms with Crippen LogP contribution in [0.1, 0.15) is 18.4 Å². The fourth-order valence-corrected chi connectivity index (χ4v) is 8.06. The van der Waals surface area contributed by atoms with Gasteiger partial charge in [-0.1, -0.05) is 115 Å². The average Bonchev–Trinajstić information content (AvgIpc) is 3.96. The lowest BCUT2D eigenvalue weighted by atomic mass is 9.93. The normalized spacial score (nSPS) is 13.3. The molecule has 1 aliphatic rings. The van der Waals surface area contributed by atoms with Crippen molar-refractivity contribution in [3.63, 3.8) is 0 Å². The molecule has 5 nitrogen and oxygen atoms in total. The standard InChI is InChI=1S/C49H32N2O3/c1-3-11-31(12-4-1)32-21-25-35(26-22-32)51(36-27-23-33(24-28-36)37-16-9-17-39-38-15-7-8-20-43(38)52-46(37)39)42-19-10-18-40-45-44(53-47(40)42)30-29-41-48(45)54-49(50-41)34-13-5-2-6-14-34/h1-23,25-27,29-30H,24,28H2. The van der Waals surface area contributed by atoms with Crippen LogP contribution < -0.4 is 4.90 Å². The van der Waals surface area contributed by atoms with Crippen molar-refractivity contribution in [1.82, 2.24) is 4.98 Å². The third-order valence-corrected chi connectivity index (χ3v) is 10.7. The number of benzene rings is 7. The summed E-state index contributed by atoms with van der Waals surface area (Å²) >= 11 is 0. The Bertz CT molecular complexity index is 3090. The molecule has 3 aromatic heterocycles. The van der Waals surface area contributed by atoms with E-state index in [2.05, 4.69) is 120 Å². The Labute approximate surface area is 310 Å². The Hall–Kier alpha value is -7.11. The fourth-order valence-electron chi connectivity index (χ4n) is 8.06. The number of para-hydroxylation sites is 3. The largest absolute Gasteiger partial charge is 0.455 e. The molecule has 10 aromatic rings. The molecule has 7 aromatic carbocycles. The molecule has 256 valence electrons. The number of fused-ring (bicyclic) bond motifs is 8. The molecule has 0 saturated heterocycles. The lowest BCUT2D eigenvalue weighted by Gasteiger charge is -2.30. The van der Waals surface area contributed by atoms with Crippen molar-refractivity contribution in [3.05, 3.63) is 181 Å². The third-order valence-electron chi connectivity index (χ3n) is 10.7. The minimum Gasteiger partial charge on any atom is -0.455 e. The Morgan fingerprint density at radius 1 is 0.463 bits per heavy atom. The highest BCUT2D eigenvalue weighted by molar-refractivity contribution is 6.19. The minimum absolute atomic E-state index is 0.594. The summed E-state index contributed by atoms with van der Waals surface area (Å²) in [6.07, 6.45) is 6.20. The lowest BCUT2D eigenvalue weighted by molar-refractivity contribution is 0.622. The number of aromatic nitrogens is 1. The molecule has 1 aliphatic carbocycles. The molecule has 0 fully saturated rings. The van der Waals surface area contributed by atoms with Crippen LogP contribution in [0.5, 0.6) is 0 Å². The number of allylic oxidation sites excluding steroid dienone is 4. The predicted molar refractivity (Wildman–Crippen MR) is 220 cm³/mol. The highest BCUT2D eigenvalue weighted by atomic mass is 16.4. The number of hydrogen-bond acceptors (Lipinski definition) is 5. The zero-order chi connectivity index (χ0) is 35.6. The maximum absolute atomic E-state index is 6.78. The van der Waals surface area contributed by atoms with Crippen molar-refractivity contribution in [2.45, 2.75) is 12.8 Å². The zero-order valence-corrected chi connectivity index (χ0v) is 29.2. The summed E-state index contributed by atoms with van der Waals surface area (Å²) in [6.45, 7) is 0. The Morgan fingerprint density at radius 2 is 1.17 bits per heavy atom. The summed E-state index contributed by atoms with van der Waals surface area (Å²) in [5.41, 5.74) is 13.8. The molecule has 0 spiro atoms. The maximum Gasteiger partial charge on any atom is 0.227 e. The van der Waals surface area contributed by atoms with Gasteiger partial charge in [0.25, 0.3) is 0 Å². The Balaban J connectivity index is 1.07. The van der Waals surface area contributed by atoms with E-state index in [0.29, 0.717) is 5.89 Å². The molecule has 0 unspecified atom stereocenters. The molecule has 0 amide bonds. The molecular formula is C49H32N2O3. The number of rotatable bonds is 6. The van der Waals surface area contributed by atoms with Gasteiger partial charge in [0, 0.05) is 38.7 Å². The van der Waals surface area contributed by atoms with Crippen LogP contribution in [0.4, 0.5) is 11.4 Å². The molecule has 3 heterocycles. The third kappa shape index (κ3) is 4.90. The second kappa shape index (κ2) is 12.2. The van der Waals surface area contributed by atoms with Crippen LogP contribution in [0.15, 0.2) is 189 Å². The van der Waals surface area contributed by atoms with Gasteiger partial charge in [-0.3, -0.25) is 0 Å². The molecule has 0 aliphatic heterocycles. The van der Waals surface area contributed by atoms with Crippen LogP contribution in [0.3, 0.4) is 0 Å². The van der Waals surface area contributed by atoms with E-state index in [1.165, 1.54) is 22.4 Å². The average molecular weight is 697 g/mol. The Kier molecular flexibility index (Phi) is 6.92. The van der Waals surface area contributed by atoms with Crippen molar-refractivity contribution in [3.8, 4) is 22.6 Å². The molecular weight excluding hydrogens is 665 g/mol. The smallest absolute Gasteiger partial charge is 0.227 e. The summed E-state index contributed by atoms with van der Waals surface area (Å²) in [5.74, 6) is 0.594. The second-order valence-electron chi connectivity index (χ2n) is 13.8. The Morgan fingerprint density at radius 3 is 1.98 bits per heavy atom. The van der Waals surface area contributed by atoms with Crippen LogP contribution >= 0.6 is 0 Å². The molecule has 0 saturated carbocycles. The first-order valence-electron chi connectivity index (χ1n) is 18.3. The maximum atomic E-state index is 6.78. The zero-order valence-electron chi connectivity index (χ0n) is 29.2. The number of hydrogen-bond donors (Lipinski definition) is 0. The van der Waals surface area contributed by atoms with Gasteiger partial charge in [-0.2, -0.15) is 0 Å². The minimum atomic E-state index is 0.594. The van der Waals surface area contributed by atoms with Crippen molar-refractivity contribution in [2.24, 2.45) is 0 Å². The van der Waals surface area contributed by atoms with Gasteiger partial charge < -0.3 is 18.2 Å². The van der Waals surface area contributed by atoms with Crippen molar-refractivity contribution in [2.75, 3.05) is 4.90 Å². The monoisotopic (exact) mass is 696 g/mol. The molecule has 5 heteroatoms. The van der Waals surface area contributed by atoms with Crippen LogP contribution in [0.25, 0.3) is 83.1 Å². The SMILES string of the molecule is C1=C(c2cccc3c2oc2ccccc23)CCC(N(c2ccc(-c3ccccc3)cc2)c2cccc3c2oc2ccc4nc(-c5ccccc5)oc4c23)=C1. The van der Waals surface area contributed by atoms with Gasteiger partial charge in [0.05, 0.1) is 11.1 Å². The molecule has 0 bridgehead atoms. The van der Waals surface area contributed by atoms with Crippen molar-refractivity contribution >= 4 is 71.9 Å². The first-order chi connectivity index (χ1) is 26.8. The summed E-state index contributed by atoms with van der Waals surface area (Å²) in [6, 6.07) is 54.4.